The zero-order chi connectivity index (χ0) is 13.9. The molecule has 3 aromatic rings. The van der Waals surface area contributed by atoms with Gasteiger partial charge in [0.25, 0.3) is 11.3 Å². The fraction of sp³-hybridized carbons (Fsp3) is 0.200. The van der Waals surface area contributed by atoms with E-state index in [9.17, 15) is 4.79 Å². The minimum absolute atomic E-state index is 0.270. The highest BCUT2D eigenvalue weighted by Gasteiger charge is 2.10. The highest BCUT2D eigenvalue weighted by molar-refractivity contribution is 5.61. The molecule has 0 spiro atoms. The van der Waals surface area contributed by atoms with Gasteiger partial charge in [-0.15, -0.1) is 5.10 Å². The largest absolute Gasteiger partial charge is 0.279 e. The lowest BCUT2D eigenvalue weighted by Gasteiger charge is -2.11. The van der Waals surface area contributed by atoms with Crippen LogP contribution in [0.15, 0.2) is 47.4 Å². The molecule has 0 aliphatic carbocycles. The predicted molar refractivity (Wildman–Crippen MR) is 76.5 cm³/mol. The van der Waals surface area contributed by atoms with Crippen LogP contribution in [-0.4, -0.2) is 19.6 Å². The molecule has 0 N–H and O–H groups in total. The molecule has 0 radical (unpaired) electrons. The van der Waals surface area contributed by atoms with Crippen molar-refractivity contribution in [2.45, 2.75) is 19.8 Å². The standard InChI is InChI=1S/C15H14N4O/c1-2-6-12-9-14(20)17-15-18-16-10-13(19(12)15)11-7-4-3-5-8-11/h3-5,7-10H,2,6H2,1H3. The Bertz CT molecular complexity index is 796. The molecule has 1 aromatic carbocycles. The van der Waals surface area contributed by atoms with E-state index in [4.69, 9.17) is 0 Å². The molecule has 0 saturated heterocycles. The van der Waals surface area contributed by atoms with E-state index in [2.05, 4.69) is 22.1 Å². The van der Waals surface area contributed by atoms with Gasteiger partial charge >= 0.3 is 0 Å². The first-order valence-electron chi connectivity index (χ1n) is 6.59. The molecule has 2 aromatic heterocycles. The molecule has 0 bridgehead atoms. The van der Waals surface area contributed by atoms with Crippen molar-refractivity contribution in [2.75, 3.05) is 0 Å². The Morgan fingerprint density at radius 1 is 1.20 bits per heavy atom. The van der Waals surface area contributed by atoms with E-state index >= 15 is 0 Å². The van der Waals surface area contributed by atoms with Gasteiger partial charge in [-0.3, -0.25) is 9.20 Å². The molecule has 0 fully saturated rings. The number of fused-ring (bicyclic) bond motifs is 1. The van der Waals surface area contributed by atoms with E-state index in [1.807, 2.05) is 34.7 Å². The molecule has 0 aliphatic heterocycles. The number of rotatable bonds is 3. The molecule has 0 saturated carbocycles. The van der Waals surface area contributed by atoms with Gasteiger partial charge in [0.1, 0.15) is 0 Å². The Hall–Kier alpha value is -2.56. The first-order valence-corrected chi connectivity index (χ1v) is 6.59. The van der Waals surface area contributed by atoms with E-state index in [0.29, 0.717) is 5.78 Å². The van der Waals surface area contributed by atoms with Crippen LogP contribution in [0.25, 0.3) is 17.0 Å². The van der Waals surface area contributed by atoms with Gasteiger partial charge in [0.15, 0.2) is 0 Å². The van der Waals surface area contributed by atoms with Crippen LogP contribution in [-0.2, 0) is 6.42 Å². The Morgan fingerprint density at radius 2 is 2.00 bits per heavy atom. The Balaban J connectivity index is 2.36. The van der Waals surface area contributed by atoms with Crippen molar-refractivity contribution >= 4 is 5.78 Å². The Labute approximate surface area is 116 Å². The third-order valence-corrected chi connectivity index (χ3v) is 3.13. The average molecular weight is 266 g/mol. The number of benzene rings is 1. The van der Waals surface area contributed by atoms with E-state index in [1.165, 1.54) is 0 Å². The lowest BCUT2D eigenvalue weighted by Crippen LogP contribution is -2.15. The van der Waals surface area contributed by atoms with Gasteiger partial charge in [-0.1, -0.05) is 43.7 Å². The Morgan fingerprint density at radius 3 is 2.75 bits per heavy atom. The van der Waals surface area contributed by atoms with Crippen molar-refractivity contribution in [3.8, 4) is 11.3 Å². The second-order valence-corrected chi connectivity index (χ2v) is 4.57. The first-order chi connectivity index (χ1) is 9.79. The zero-order valence-electron chi connectivity index (χ0n) is 11.2. The number of aromatic nitrogens is 4. The molecule has 100 valence electrons. The van der Waals surface area contributed by atoms with E-state index in [1.54, 1.807) is 12.3 Å². The SMILES string of the molecule is CCCc1cc(=O)nc2nncc(-c3ccccc3)n12. The molecular formula is C15H14N4O. The summed E-state index contributed by atoms with van der Waals surface area (Å²) in [7, 11) is 0. The van der Waals surface area contributed by atoms with E-state index in [-0.39, 0.29) is 5.56 Å². The maximum Gasteiger partial charge on any atom is 0.274 e. The summed E-state index contributed by atoms with van der Waals surface area (Å²) in [5, 5.41) is 7.93. The summed E-state index contributed by atoms with van der Waals surface area (Å²) in [5.41, 5.74) is 2.56. The molecule has 0 amide bonds. The number of hydrogen-bond acceptors (Lipinski definition) is 4. The summed E-state index contributed by atoms with van der Waals surface area (Å²) >= 11 is 0. The molecule has 20 heavy (non-hydrogen) atoms. The summed E-state index contributed by atoms with van der Waals surface area (Å²) < 4.78 is 1.91. The van der Waals surface area contributed by atoms with E-state index < -0.39 is 0 Å². The number of aryl methyl sites for hydroxylation is 1. The van der Waals surface area contributed by atoms with Gasteiger partial charge in [0.2, 0.25) is 0 Å². The van der Waals surface area contributed by atoms with Gasteiger partial charge in [0, 0.05) is 17.3 Å². The second kappa shape index (κ2) is 5.21. The van der Waals surface area contributed by atoms with Crippen molar-refractivity contribution in [3.05, 3.63) is 58.6 Å². The van der Waals surface area contributed by atoms with Crippen LogP contribution in [0.1, 0.15) is 19.0 Å². The van der Waals surface area contributed by atoms with Crippen LogP contribution in [0.5, 0.6) is 0 Å². The van der Waals surface area contributed by atoms with Crippen LogP contribution in [0.2, 0.25) is 0 Å². The maximum absolute atomic E-state index is 11.6. The third-order valence-electron chi connectivity index (χ3n) is 3.13. The van der Waals surface area contributed by atoms with Crippen LogP contribution in [0, 0.1) is 0 Å². The van der Waals surface area contributed by atoms with Crippen molar-refractivity contribution < 1.29 is 0 Å². The maximum atomic E-state index is 11.6. The molecule has 5 heteroatoms. The third kappa shape index (κ3) is 2.18. The normalized spacial score (nSPS) is 10.8. The summed E-state index contributed by atoms with van der Waals surface area (Å²) in [5.74, 6) is 0.349. The molecule has 0 atom stereocenters. The van der Waals surface area contributed by atoms with Crippen LogP contribution >= 0.6 is 0 Å². The minimum atomic E-state index is -0.270. The monoisotopic (exact) mass is 266 g/mol. The molecule has 5 nitrogen and oxygen atoms in total. The van der Waals surface area contributed by atoms with Gasteiger partial charge in [-0.25, -0.2) is 0 Å². The van der Waals surface area contributed by atoms with Crippen molar-refractivity contribution in [2.24, 2.45) is 0 Å². The molecular weight excluding hydrogens is 252 g/mol. The zero-order valence-corrected chi connectivity index (χ0v) is 11.2. The van der Waals surface area contributed by atoms with Crippen molar-refractivity contribution in [3.63, 3.8) is 0 Å². The minimum Gasteiger partial charge on any atom is -0.279 e. The second-order valence-electron chi connectivity index (χ2n) is 4.57. The topological polar surface area (TPSA) is 60.2 Å². The van der Waals surface area contributed by atoms with Crippen LogP contribution in [0.3, 0.4) is 0 Å². The molecule has 3 rings (SSSR count). The lowest BCUT2D eigenvalue weighted by atomic mass is 10.1. The lowest BCUT2D eigenvalue weighted by molar-refractivity contribution is 0.820. The van der Waals surface area contributed by atoms with Crippen LogP contribution < -0.4 is 5.56 Å². The fourth-order valence-electron chi connectivity index (χ4n) is 2.29. The quantitative estimate of drug-likeness (QED) is 0.728. The Kier molecular flexibility index (Phi) is 3.25. The summed E-state index contributed by atoms with van der Waals surface area (Å²) in [4.78, 5) is 15.6. The van der Waals surface area contributed by atoms with Crippen molar-refractivity contribution in [1.29, 1.82) is 0 Å². The predicted octanol–water partition coefficient (Wildman–Crippen LogP) is 2.10. The van der Waals surface area contributed by atoms with Gasteiger partial charge in [-0.05, 0) is 6.42 Å². The molecule has 0 unspecified atom stereocenters. The highest BCUT2D eigenvalue weighted by atomic mass is 16.1. The first kappa shape index (κ1) is 12.5. The summed E-state index contributed by atoms with van der Waals surface area (Å²) in [6.45, 7) is 2.08. The van der Waals surface area contributed by atoms with Crippen molar-refractivity contribution in [1.82, 2.24) is 19.6 Å². The number of hydrogen-bond donors (Lipinski definition) is 0. The fourth-order valence-corrected chi connectivity index (χ4v) is 2.29. The van der Waals surface area contributed by atoms with Gasteiger partial charge in [0.05, 0.1) is 11.9 Å². The molecule has 2 heterocycles. The summed E-state index contributed by atoms with van der Waals surface area (Å²) in [6, 6.07) is 11.5. The summed E-state index contributed by atoms with van der Waals surface area (Å²) in [6.07, 6.45) is 3.44. The average Bonchev–Trinajstić information content (AvgIpc) is 2.47. The molecule has 0 aliphatic rings. The van der Waals surface area contributed by atoms with Gasteiger partial charge < -0.3 is 0 Å². The van der Waals surface area contributed by atoms with E-state index in [0.717, 1.165) is 29.8 Å². The van der Waals surface area contributed by atoms with Gasteiger partial charge in [-0.2, -0.15) is 10.1 Å². The highest BCUT2D eigenvalue weighted by Crippen LogP contribution is 2.19. The van der Waals surface area contributed by atoms with Crippen LogP contribution in [0.4, 0.5) is 0 Å². The smallest absolute Gasteiger partial charge is 0.274 e. The number of nitrogens with zero attached hydrogens (tertiary/aromatic N) is 4.